The molecule has 0 N–H and O–H groups in total. The number of hydrogen-bond donors (Lipinski definition) is 0. The van der Waals surface area contributed by atoms with E-state index in [0.29, 0.717) is 6.61 Å². The third kappa shape index (κ3) is 3.51. The zero-order valence-electron chi connectivity index (χ0n) is 11.1. The molecule has 0 aliphatic carbocycles. The van der Waals surface area contributed by atoms with Gasteiger partial charge in [0.05, 0.1) is 12.0 Å². The summed E-state index contributed by atoms with van der Waals surface area (Å²) in [5, 5.41) is 0. The van der Waals surface area contributed by atoms with Gasteiger partial charge >= 0.3 is 5.97 Å². The number of ether oxygens (including phenoxy) is 1. The van der Waals surface area contributed by atoms with Gasteiger partial charge in [-0.1, -0.05) is 41.0 Å². The van der Waals surface area contributed by atoms with Crippen molar-refractivity contribution in [1.29, 1.82) is 0 Å². The van der Waals surface area contributed by atoms with Gasteiger partial charge in [0.2, 0.25) is 0 Å². The van der Waals surface area contributed by atoms with Crippen molar-refractivity contribution in [3.05, 3.63) is 0 Å². The van der Waals surface area contributed by atoms with Gasteiger partial charge in [0.15, 0.2) is 0 Å². The third-order valence-corrected chi connectivity index (χ3v) is 3.29. The van der Waals surface area contributed by atoms with Gasteiger partial charge in [-0.25, -0.2) is 0 Å². The smallest absolute Gasteiger partial charge is 0.312 e. The van der Waals surface area contributed by atoms with E-state index in [2.05, 4.69) is 27.7 Å². The fraction of sp³-hybridized carbons (Fsp3) is 0.923. The fourth-order valence-electron chi connectivity index (χ4n) is 1.64. The summed E-state index contributed by atoms with van der Waals surface area (Å²) in [6.45, 7) is 13.0. The summed E-state index contributed by atoms with van der Waals surface area (Å²) in [6, 6.07) is 0. The Labute approximate surface area is 94.4 Å². The maximum atomic E-state index is 12.0. The lowest BCUT2D eigenvalue weighted by atomic mass is 9.65. The molecule has 0 aliphatic rings. The van der Waals surface area contributed by atoms with E-state index in [1.165, 1.54) is 0 Å². The molecule has 1 unspecified atom stereocenters. The van der Waals surface area contributed by atoms with E-state index in [1.54, 1.807) is 0 Å². The first-order chi connectivity index (χ1) is 6.79. The van der Waals surface area contributed by atoms with Gasteiger partial charge in [-0.2, -0.15) is 0 Å². The van der Waals surface area contributed by atoms with E-state index in [1.807, 2.05) is 13.8 Å². The van der Waals surface area contributed by atoms with Crippen LogP contribution < -0.4 is 0 Å². The first-order valence-corrected chi connectivity index (χ1v) is 5.96. The molecule has 1 atom stereocenters. The molecule has 0 heterocycles. The number of carbonyl (C=O) groups is 1. The van der Waals surface area contributed by atoms with Crippen molar-refractivity contribution in [3.63, 3.8) is 0 Å². The molecule has 0 fully saturated rings. The Kier molecular flexibility index (Phi) is 5.33. The van der Waals surface area contributed by atoms with Crippen molar-refractivity contribution in [2.75, 3.05) is 6.61 Å². The van der Waals surface area contributed by atoms with Crippen molar-refractivity contribution in [2.45, 2.75) is 60.8 Å². The van der Waals surface area contributed by atoms with E-state index in [9.17, 15) is 4.79 Å². The molecule has 2 nitrogen and oxygen atoms in total. The molecule has 0 aromatic rings. The molecule has 0 saturated heterocycles. The molecule has 0 rings (SSSR count). The summed E-state index contributed by atoms with van der Waals surface area (Å²) in [6.07, 6.45) is 2.78. The molecule has 0 radical (unpaired) electrons. The first kappa shape index (κ1) is 14.5. The van der Waals surface area contributed by atoms with E-state index in [0.717, 1.165) is 19.3 Å². The quantitative estimate of drug-likeness (QED) is 0.651. The van der Waals surface area contributed by atoms with E-state index in [-0.39, 0.29) is 16.8 Å². The van der Waals surface area contributed by atoms with Crippen LogP contribution in [0, 0.1) is 10.8 Å². The molecule has 0 bridgehead atoms. The largest absolute Gasteiger partial charge is 0.465 e. The highest BCUT2D eigenvalue weighted by molar-refractivity contribution is 5.77. The van der Waals surface area contributed by atoms with Crippen molar-refractivity contribution in [1.82, 2.24) is 0 Å². The Bertz CT molecular complexity index is 203. The van der Waals surface area contributed by atoms with Gasteiger partial charge in [-0.3, -0.25) is 4.79 Å². The minimum absolute atomic E-state index is 0.0429. The van der Waals surface area contributed by atoms with Crippen LogP contribution in [0.5, 0.6) is 0 Å². The molecule has 0 aliphatic heterocycles. The normalized spacial score (nSPS) is 15.9. The lowest BCUT2D eigenvalue weighted by molar-refractivity contribution is -0.162. The molecule has 0 spiro atoms. The van der Waals surface area contributed by atoms with Crippen LogP contribution in [-0.2, 0) is 9.53 Å². The summed E-state index contributed by atoms with van der Waals surface area (Å²) >= 11 is 0. The van der Waals surface area contributed by atoms with Gasteiger partial charge in [0, 0.05) is 0 Å². The summed E-state index contributed by atoms with van der Waals surface area (Å²) in [4.78, 5) is 12.0. The number of hydrogen-bond acceptors (Lipinski definition) is 2. The second-order valence-electron chi connectivity index (χ2n) is 5.47. The van der Waals surface area contributed by atoms with Crippen LogP contribution in [-0.4, -0.2) is 12.6 Å². The average Bonchev–Trinajstić information content (AvgIpc) is 2.12. The Balaban J connectivity index is 4.71. The average molecular weight is 214 g/mol. The SMILES string of the molecule is CCCOC(=O)C(C)(CCC)C(C)(C)C. The van der Waals surface area contributed by atoms with E-state index < -0.39 is 0 Å². The summed E-state index contributed by atoms with van der Waals surface area (Å²) in [7, 11) is 0. The Morgan fingerprint density at radius 1 is 1.07 bits per heavy atom. The topological polar surface area (TPSA) is 26.3 Å². The van der Waals surface area contributed by atoms with Crippen LogP contribution in [0.2, 0.25) is 0 Å². The monoisotopic (exact) mass is 214 g/mol. The summed E-state index contributed by atoms with van der Waals surface area (Å²) < 4.78 is 5.30. The fourth-order valence-corrected chi connectivity index (χ4v) is 1.64. The van der Waals surface area contributed by atoms with Gasteiger partial charge in [-0.15, -0.1) is 0 Å². The van der Waals surface area contributed by atoms with E-state index in [4.69, 9.17) is 4.74 Å². The molecule has 0 saturated carbocycles. The molecular weight excluding hydrogens is 188 g/mol. The van der Waals surface area contributed by atoms with Crippen LogP contribution in [0.3, 0.4) is 0 Å². The molecule has 2 heteroatoms. The summed E-state index contributed by atoms with van der Waals surface area (Å²) in [5.41, 5.74) is -0.412. The van der Waals surface area contributed by atoms with Crippen molar-refractivity contribution >= 4 is 5.97 Å². The zero-order chi connectivity index (χ0) is 12.1. The van der Waals surface area contributed by atoms with Gasteiger partial charge in [0.25, 0.3) is 0 Å². The Morgan fingerprint density at radius 3 is 1.93 bits per heavy atom. The van der Waals surface area contributed by atoms with Gasteiger partial charge in [-0.05, 0) is 25.2 Å². The Hall–Kier alpha value is -0.530. The van der Waals surface area contributed by atoms with Gasteiger partial charge < -0.3 is 4.74 Å². The van der Waals surface area contributed by atoms with Crippen molar-refractivity contribution in [2.24, 2.45) is 10.8 Å². The molecule has 90 valence electrons. The van der Waals surface area contributed by atoms with Crippen molar-refractivity contribution in [3.8, 4) is 0 Å². The van der Waals surface area contributed by atoms with Crippen LogP contribution in [0.25, 0.3) is 0 Å². The molecule has 0 amide bonds. The van der Waals surface area contributed by atoms with Crippen molar-refractivity contribution < 1.29 is 9.53 Å². The number of esters is 1. The molecule has 15 heavy (non-hydrogen) atoms. The van der Waals surface area contributed by atoms with Crippen LogP contribution in [0.15, 0.2) is 0 Å². The second-order valence-corrected chi connectivity index (χ2v) is 5.47. The highest BCUT2D eigenvalue weighted by Crippen LogP contribution is 2.43. The molecule has 0 aromatic carbocycles. The van der Waals surface area contributed by atoms with Gasteiger partial charge in [0.1, 0.15) is 0 Å². The maximum Gasteiger partial charge on any atom is 0.312 e. The number of carbonyl (C=O) groups excluding carboxylic acids is 1. The molecule has 0 aromatic heterocycles. The highest BCUT2D eigenvalue weighted by atomic mass is 16.5. The second kappa shape index (κ2) is 5.53. The lowest BCUT2D eigenvalue weighted by Gasteiger charge is -2.39. The predicted octanol–water partition coefficient (Wildman–Crippen LogP) is 3.79. The third-order valence-electron chi connectivity index (χ3n) is 3.29. The van der Waals surface area contributed by atoms with E-state index >= 15 is 0 Å². The van der Waals surface area contributed by atoms with Crippen LogP contribution in [0.4, 0.5) is 0 Å². The summed E-state index contributed by atoms with van der Waals surface area (Å²) in [5.74, 6) is -0.0429. The van der Waals surface area contributed by atoms with Crippen LogP contribution in [0.1, 0.15) is 60.8 Å². The minimum atomic E-state index is -0.364. The number of rotatable bonds is 5. The predicted molar refractivity (Wildman–Crippen MR) is 63.7 cm³/mol. The van der Waals surface area contributed by atoms with Crippen LogP contribution >= 0.6 is 0 Å². The lowest BCUT2D eigenvalue weighted by Crippen LogP contribution is -2.41. The maximum absolute atomic E-state index is 12.0. The Morgan fingerprint density at radius 2 is 1.60 bits per heavy atom. The molecular formula is C13H26O2. The highest BCUT2D eigenvalue weighted by Gasteiger charge is 2.44. The first-order valence-electron chi connectivity index (χ1n) is 5.96. The zero-order valence-corrected chi connectivity index (χ0v) is 11.1. The standard InChI is InChI=1S/C13H26O2/c1-7-9-13(6,12(3,4)5)11(14)15-10-8-2/h7-10H2,1-6H3. The minimum Gasteiger partial charge on any atom is -0.465 e.